The molecule has 0 aliphatic carbocycles. The summed E-state index contributed by atoms with van der Waals surface area (Å²) in [6.07, 6.45) is 1.42. The minimum absolute atomic E-state index is 0.0403. The Kier molecular flexibility index (Phi) is 7.17. The molecule has 0 atom stereocenters. The highest BCUT2D eigenvalue weighted by molar-refractivity contribution is 5.95. The lowest BCUT2D eigenvalue weighted by Crippen LogP contribution is -2.46. The van der Waals surface area contributed by atoms with E-state index in [1.54, 1.807) is 61.6 Å². The second-order valence-corrected chi connectivity index (χ2v) is 7.07. The van der Waals surface area contributed by atoms with Crippen LogP contribution in [0.1, 0.15) is 40.5 Å². The van der Waals surface area contributed by atoms with Crippen LogP contribution >= 0.6 is 0 Å². The number of methoxy groups -OCH3 is 2. The molecule has 0 radical (unpaired) electrons. The van der Waals surface area contributed by atoms with Crippen molar-refractivity contribution in [2.75, 3.05) is 33.9 Å². The van der Waals surface area contributed by atoms with Gasteiger partial charge in [0.05, 0.1) is 20.8 Å². The highest BCUT2D eigenvalue weighted by Crippen LogP contribution is 2.28. The van der Waals surface area contributed by atoms with Gasteiger partial charge < -0.3 is 24.4 Å². The van der Waals surface area contributed by atoms with Gasteiger partial charge in [0.2, 0.25) is 0 Å². The zero-order valence-corrected chi connectivity index (χ0v) is 17.6. The average Bonchev–Trinajstić information content (AvgIpc) is 2.79. The van der Waals surface area contributed by atoms with Crippen LogP contribution in [0, 0.1) is 0 Å². The van der Waals surface area contributed by atoms with Crippen LogP contribution in [0.4, 0.5) is 0 Å². The molecule has 1 aliphatic rings. The van der Waals surface area contributed by atoms with E-state index in [9.17, 15) is 9.59 Å². The number of benzene rings is 2. The molecule has 1 heterocycles. The van der Waals surface area contributed by atoms with Gasteiger partial charge in [0.25, 0.3) is 11.8 Å². The van der Waals surface area contributed by atoms with Crippen molar-refractivity contribution < 1.29 is 23.8 Å². The van der Waals surface area contributed by atoms with E-state index in [4.69, 9.17) is 14.2 Å². The van der Waals surface area contributed by atoms with Gasteiger partial charge in [-0.25, -0.2) is 0 Å². The van der Waals surface area contributed by atoms with Gasteiger partial charge in [0.1, 0.15) is 5.75 Å². The molecule has 30 heavy (non-hydrogen) atoms. The summed E-state index contributed by atoms with van der Waals surface area (Å²) in [5.41, 5.74) is 1.16. The number of likely N-dealkylation sites (tertiary alicyclic amines) is 1. The number of carbonyl (C=O) groups is 2. The number of hydrogen-bond donors (Lipinski definition) is 1. The Balaban J connectivity index is 1.54. The maximum atomic E-state index is 12.8. The van der Waals surface area contributed by atoms with E-state index < -0.39 is 0 Å². The molecule has 2 aromatic rings. The number of nitrogens with zero attached hydrogens (tertiary/aromatic N) is 1. The topological polar surface area (TPSA) is 77.1 Å². The number of rotatable bonds is 7. The van der Waals surface area contributed by atoms with Crippen LogP contribution in [0.15, 0.2) is 42.5 Å². The van der Waals surface area contributed by atoms with E-state index in [1.807, 2.05) is 6.92 Å². The molecule has 1 N–H and O–H groups in total. The van der Waals surface area contributed by atoms with Crippen LogP contribution in [0.2, 0.25) is 0 Å². The molecule has 3 rings (SSSR count). The first-order valence-corrected chi connectivity index (χ1v) is 10.1. The SMILES string of the molecule is CCOc1ccc(C(=O)NC2CCN(C(=O)c3ccc(OC)c(OC)c3)CC2)cc1. The van der Waals surface area contributed by atoms with Gasteiger partial charge in [-0.05, 0) is 62.2 Å². The third-order valence-electron chi connectivity index (χ3n) is 5.18. The number of ether oxygens (including phenoxy) is 3. The van der Waals surface area contributed by atoms with Crippen molar-refractivity contribution in [3.63, 3.8) is 0 Å². The zero-order valence-electron chi connectivity index (χ0n) is 17.6. The maximum Gasteiger partial charge on any atom is 0.253 e. The first-order valence-electron chi connectivity index (χ1n) is 10.1. The van der Waals surface area contributed by atoms with Crippen molar-refractivity contribution >= 4 is 11.8 Å². The van der Waals surface area contributed by atoms with Crippen LogP contribution in [-0.4, -0.2) is 56.7 Å². The first-order chi connectivity index (χ1) is 14.5. The largest absolute Gasteiger partial charge is 0.494 e. The van der Waals surface area contributed by atoms with Crippen LogP contribution in [0.3, 0.4) is 0 Å². The monoisotopic (exact) mass is 412 g/mol. The maximum absolute atomic E-state index is 12.8. The number of piperidine rings is 1. The molecule has 0 bridgehead atoms. The highest BCUT2D eigenvalue weighted by Gasteiger charge is 2.25. The Bertz CT molecular complexity index is 874. The predicted molar refractivity (Wildman–Crippen MR) is 114 cm³/mol. The Morgan fingerprint density at radius 1 is 0.967 bits per heavy atom. The summed E-state index contributed by atoms with van der Waals surface area (Å²) in [6.45, 7) is 3.68. The Labute approximate surface area is 176 Å². The average molecular weight is 412 g/mol. The summed E-state index contributed by atoms with van der Waals surface area (Å²) in [6, 6.07) is 12.3. The lowest BCUT2D eigenvalue weighted by molar-refractivity contribution is 0.0697. The van der Waals surface area contributed by atoms with Gasteiger partial charge in [0.15, 0.2) is 11.5 Å². The van der Waals surface area contributed by atoms with E-state index in [0.29, 0.717) is 55.2 Å². The number of carbonyl (C=O) groups excluding carboxylic acids is 2. The highest BCUT2D eigenvalue weighted by atomic mass is 16.5. The van der Waals surface area contributed by atoms with Crippen LogP contribution in [-0.2, 0) is 0 Å². The second-order valence-electron chi connectivity index (χ2n) is 7.07. The van der Waals surface area contributed by atoms with Crippen molar-refractivity contribution in [2.24, 2.45) is 0 Å². The summed E-state index contributed by atoms with van der Waals surface area (Å²) >= 11 is 0. The summed E-state index contributed by atoms with van der Waals surface area (Å²) in [5, 5.41) is 3.06. The summed E-state index contributed by atoms with van der Waals surface area (Å²) in [4.78, 5) is 27.1. The lowest BCUT2D eigenvalue weighted by Gasteiger charge is -2.32. The Morgan fingerprint density at radius 2 is 1.60 bits per heavy atom. The van der Waals surface area contributed by atoms with E-state index in [2.05, 4.69) is 5.32 Å². The second kappa shape index (κ2) is 10.0. The fourth-order valence-electron chi connectivity index (χ4n) is 3.52. The first kappa shape index (κ1) is 21.5. The number of nitrogens with one attached hydrogen (secondary N) is 1. The number of amides is 2. The standard InChI is InChI=1S/C23H28N2O5/c1-4-30-19-8-5-16(6-9-19)22(26)24-18-11-13-25(14-12-18)23(27)17-7-10-20(28-2)21(15-17)29-3/h5-10,15,18H,4,11-14H2,1-3H3,(H,24,26). The number of hydrogen-bond acceptors (Lipinski definition) is 5. The molecule has 7 heteroatoms. The quantitative estimate of drug-likeness (QED) is 0.756. The minimum Gasteiger partial charge on any atom is -0.494 e. The van der Waals surface area contributed by atoms with E-state index in [-0.39, 0.29) is 17.9 Å². The molecule has 0 saturated carbocycles. The summed E-state index contributed by atoms with van der Waals surface area (Å²) in [7, 11) is 3.11. The van der Waals surface area contributed by atoms with Crippen LogP contribution in [0.25, 0.3) is 0 Å². The van der Waals surface area contributed by atoms with Crippen molar-refractivity contribution in [2.45, 2.75) is 25.8 Å². The van der Waals surface area contributed by atoms with Crippen molar-refractivity contribution in [3.8, 4) is 17.2 Å². The molecule has 1 aliphatic heterocycles. The molecule has 1 fully saturated rings. The molecule has 160 valence electrons. The summed E-state index contributed by atoms with van der Waals surface area (Å²) < 4.78 is 15.9. The fourth-order valence-corrected chi connectivity index (χ4v) is 3.52. The molecular formula is C23H28N2O5. The van der Waals surface area contributed by atoms with Crippen molar-refractivity contribution in [3.05, 3.63) is 53.6 Å². The lowest BCUT2D eigenvalue weighted by atomic mass is 10.0. The molecule has 7 nitrogen and oxygen atoms in total. The third kappa shape index (κ3) is 5.03. The molecule has 2 amide bonds. The smallest absolute Gasteiger partial charge is 0.253 e. The molecule has 1 saturated heterocycles. The van der Waals surface area contributed by atoms with Crippen LogP contribution < -0.4 is 19.5 Å². The molecule has 0 spiro atoms. The molecule has 0 unspecified atom stereocenters. The van der Waals surface area contributed by atoms with Gasteiger partial charge >= 0.3 is 0 Å². The fraction of sp³-hybridized carbons (Fsp3) is 0.391. The minimum atomic E-state index is -0.109. The third-order valence-corrected chi connectivity index (χ3v) is 5.18. The molecule has 0 aromatic heterocycles. The Morgan fingerprint density at radius 3 is 2.20 bits per heavy atom. The Hall–Kier alpha value is -3.22. The summed E-state index contributed by atoms with van der Waals surface area (Å²) in [5.74, 6) is 1.71. The van der Waals surface area contributed by atoms with Gasteiger partial charge in [-0.3, -0.25) is 9.59 Å². The van der Waals surface area contributed by atoms with Crippen molar-refractivity contribution in [1.29, 1.82) is 0 Å². The van der Waals surface area contributed by atoms with E-state index in [0.717, 1.165) is 5.75 Å². The van der Waals surface area contributed by atoms with Gasteiger partial charge in [-0.15, -0.1) is 0 Å². The van der Waals surface area contributed by atoms with Gasteiger partial charge in [-0.2, -0.15) is 0 Å². The molecular weight excluding hydrogens is 384 g/mol. The normalized spacial score (nSPS) is 14.2. The predicted octanol–water partition coefficient (Wildman–Crippen LogP) is 3.14. The van der Waals surface area contributed by atoms with E-state index in [1.165, 1.54) is 0 Å². The van der Waals surface area contributed by atoms with Gasteiger partial charge in [-0.1, -0.05) is 0 Å². The molecule has 2 aromatic carbocycles. The van der Waals surface area contributed by atoms with Gasteiger partial charge in [0, 0.05) is 30.3 Å². The van der Waals surface area contributed by atoms with E-state index >= 15 is 0 Å². The zero-order chi connectivity index (χ0) is 21.5. The van der Waals surface area contributed by atoms with Crippen molar-refractivity contribution in [1.82, 2.24) is 10.2 Å². The van der Waals surface area contributed by atoms with Crippen LogP contribution in [0.5, 0.6) is 17.2 Å².